The predicted octanol–water partition coefficient (Wildman–Crippen LogP) is 3.33. The summed E-state index contributed by atoms with van der Waals surface area (Å²) in [6.07, 6.45) is 0.926. The van der Waals surface area contributed by atoms with Gasteiger partial charge in [-0.1, -0.05) is 22.0 Å². The smallest absolute Gasteiger partial charge is 0.274 e. The first-order valence-corrected chi connectivity index (χ1v) is 7.21. The topological polar surface area (TPSA) is 69.2 Å². The van der Waals surface area contributed by atoms with Gasteiger partial charge in [0, 0.05) is 27.9 Å². The van der Waals surface area contributed by atoms with E-state index in [1.54, 1.807) is 23.9 Å². The summed E-state index contributed by atoms with van der Waals surface area (Å²) >= 11 is 4.91. The van der Waals surface area contributed by atoms with Crippen molar-refractivity contribution in [2.75, 3.05) is 5.75 Å². The van der Waals surface area contributed by atoms with Gasteiger partial charge < -0.3 is 5.73 Å². The lowest BCUT2D eigenvalue weighted by molar-refractivity contribution is -0.385. The molecule has 1 aromatic carbocycles. The predicted molar refractivity (Wildman–Crippen MR) is 75.2 cm³/mol. The number of rotatable bonds is 6. The first-order chi connectivity index (χ1) is 8.00. The van der Waals surface area contributed by atoms with Gasteiger partial charge in [0.15, 0.2) is 0 Å². The van der Waals surface area contributed by atoms with Gasteiger partial charge in [-0.2, -0.15) is 11.8 Å². The number of halogens is 1. The minimum absolute atomic E-state index is 0.174. The average Bonchev–Trinajstić information content (AvgIpc) is 2.25. The molecule has 0 fully saturated rings. The van der Waals surface area contributed by atoms with E-state index < -0.39 is 0 Å². The van der Waals surface area contributed by atoms with Crippen LogP contribution in [-0.4, -0.2) is 16.7 Å². The summed E-state index contributed by atoms with van der Waals surface area (Å²) < 4.78 is 0.730. The fourth-order valence-corrected chi connectivity index (χ4v) is 2.78. The van der Waals surface area contributed by atoms with Crippen molar-refractivity contribution in [1.82, 2.24) is 0 Å². The van der Waals surface area contributed by atoms with E-state index >= 15 is 0 Å². The Morgan fingerprint density at radius 2 is 2.29 bits per heavy atom. The zero-order chi connectivity index (χ0) is 12.8. The van der Waals surface area contributed by atoms with Crippen molar-refractivity contribution in [2.45, 2.75) is 25.1 Å². The highest BCUT2D eigenvalue weighted by Crippen LogP contribution is 2.27. The molecule has 1 aromatic rings. The van der Waals surface area contributed by atoms with Crippen LogP contribution in [0.15, 0.2) is 22.7 Å². The number of hydrogen-bond donors (Lipinski definition) is 1. The second-order valence-corrected chi connectivity index (χ2v) is 5.87. The lowest BCUT2D eigenvalue weighted by Crippen LogP contribution is -2.15. The molecule has 0 aromatic heterocycles. The summed E-state index contributed by atoms with van der Waals surface area (Å²) in [6.45, 7) is 1.96. The molecule has 0 bridgehead atoms. The number of nitro groups is 1. The molecule has 0 aliphatic carbocycles. The lowest BCUT2D eigenvalue weighted by Gasteiger charge is -2.05. The summed E-state index contributed by atoms with van der Waals surface area (Å²) in [7, 11) is 0. The van der Waals surface area contributed by atoms with Crippen LogP contribution < -0.4 is 5.73 Å². The van der Waals surface area contributed by atoms with Gasteiger partial charge in [0.25, 0.3) is 5.69 Å². The van der Waals surface area contributed by atoms with Crippen LogP contribution in [0.3, 0.4) is 0 Å². The zero-order valence-corrected chi connectivity index (χ0v) is 12.0. The Hall–Kier alpha value is -0.590. The van der Waals surface area contributed by atoms with E-state index in [0.29, 0.717) is 5.75 Å². The van der Waals surface area contributed by atoms with Gasteiger partial charge in [-0.3, -0.25) is 10.1 Å². The van der Waals surface area contributed by atoms with Crippen molar-refractivity contribution in [3.63, 3.8) is 0 Å². The number of benzene rings is 1. The molecular formula is C11H15BrN2O2S. The van der Waals surface area contributed by atoms with Crippen LogP contribution in [0.5, 0.6) is 0 Å². The van der Waals surface area contributed by atoms with Crippen LogP contribution in [0.25, 0.3) is 0 Å². The van der Waals surface area contributed by atoms with E-state index in [-0.39, 0.29) is 16.7 Å². The summed E-state index contributed by atoms with van der Waals surface area (Å²) in [6, 6.07) is 5.35. The number of nitro benzene ring substituents is 1. The molecule has 0 saturated carbocycles. The van der Waals surface area contributed by atoms with Crippen molar-refractivity contribution >= 4 is 33.4 Å². The Bertz CT molecular complexity index is 399. The second kappa shape index (κ2) is 6.98. The molecule has 1 unspecified atom stereocenters. The molecule has 1 atom stereocenters. The quantitative estimate of drug-likeness (QED) is 0.496. The van der Waals surface area contributed by atoms with E-state index in [1.807, 2.05) is 13.0 Å². The minimum Gasteiger partial charge on any atom is -0.328 e. The first-order valence-electron chi connectivity index (χ1n) is 5.27. The van der Waals surface area contributed by atoms with Crippen LogP contribution >= 0.6 is 27.7 Å². The summed E-state index contributed by atoms with van der Waals surface area (Å²) in [5, 5.41) is 10.9. The molecule has 6 heteroatoms. The number of thioether (sulfide) groups is 1. The van der Waals surface area contributed by atoms with Crippen molar-refractivity contribution in [3.05, 3.63) is 38.3 Å². The fraction of sp³-hybridized carbons (Fsp3) is 0.455. The van der Waals surface area contributed by atoms with Gasteiger partial charge in [-0.05, 0) is 25.2 Å². The van der Waals surface area contributed by atoms with Crippen molar-refractivity contribution < 1.29 is 4.92 Å². The van der Waals surface area contributed by atoms with E-state index in [1.165, 1.54) is 0 Å². The Kier molecular flexibility index (Phi) is 5.94. The standard InChI is InChI=1S/C11H15BrN2O2S/c1-8(13)4-5-17-7-9-2-3-10(12)6-11(9)14(15)16/h2-3,6,8H,4-5,7,13H2,1H3. The highest BCUT2D eigenvalue weighted by molar-refractivity contribution is 9.10. The van der Waals surface area contributed by atoms with Gasteiger partial charge in [-0.25, -0.2) is 0 Å². The Labute approximate surface area is 113 Å². The normalized spacial score (nSPS) is 12.4. The van der Waals surface area contributed by atoms with Crippen LogP contribution in [0.2, 0.25) is 0 Å². The maximum atomic E-state index is 10.9. The first kappa shape index (κ1) is 14.5. The lowest BCUT2D eigenvalue weighted by atomic mass is 10.2. The van der Waals surface area contributed by atoms with Gasteiger partial charge in [-0.15, -0.1) is 0 Å². The molecule has 0 spiro atoms. The third-order valence-corrected chi connectivity index (χ3v) is 3.75. The fourth-order valence-electron chi connectivity index (χ4n) is 1.28. The number of nitrogens with two attached hydrogens (primary N) is 1. The average molecular weight is 319 g/mol. The molecule has 1 rings (SSSR count). The van der Waals surface area contributed by atoms with E-state index in [9.17, 15) is 10.1 Å². The largest absolute Gasteiger partial charge is 0.328 e. The summed E-state index contributed by atoms with van der Waals surface area (Å²) in [5.74, 6) is 1.57. The van der Waals surface area contributed by atoms with Crippen molar-refractivity contribution in [3.8, 4) is 0 Å². The Morgan fingerprint density at radius 1 is 1.59 bits per heavy atom. The van der Waals surface area contributed by atoms with Crippen LogP contribution in [-0.2, 0) is 5.75 Å². The zero-order valence-electron chi connectivity index (χ0n) is 9.56. The van der Waals surface area contributed by atoms with E-state index in [0.717, 1.165) is 22.2 Å². The molecule has 0 saturated heterocycles. The minimum atomic E-state index is -0.341. The summed E-state index contributed by atoms with van der Waals surface area (Å²) in [5.41, 5.74) is 6.57. The maximum Gasteiger partial charge on any atom is 0.274 e. The molecule has 0 amide bonds. The van der Waals surface area contributed by atoms with Crippen LogP contribution in [0.1, 0.15) is 18.9 Å². The van der Waals surface area contributed by atoms with Crippen molar-refractivity contribution in [2.24, 2.45) is 5.73 Å². The van der Waals surface area contributed by atoms with Crippen molar-refractivity contribution in [1.29, 1.82) is 0 Å². The molecule has 0 aliphatic heterocycles. The molecule has 0 aliphatic rings. The monoisotopic (exact) mass is 318 g/mol. The van der Waals surface area contributed by atoms with Gasteiger partial charge in [0.05, 0.1) is 4.92 Å². The van der Waals surface area contributed by atoms with E-state index in [4.69, 9.17) is 5.73 Å². The molecular weight excluding hydrogens is 304 g/mol. The highest BCUT2D eigenvalue weighted by atomic mass is 79.9. The van der Waals surface area contributed by atoms with E-state index in [2.05, 4.69) is 15.9 Å². The van der Waals surface area contributed by atoms with Crippen LogP contribution in [0.4, 0.5) is 5.69 Å². The molecule has 2 N–H and O–H groups in total. The van der Waals surface area contributed by atoms with Gasteiger partial charge in [0.1, 0.15) is 0 Å². The van der Waals surface area contributed by atoms with Crippen LogP contribution in [0, 0.1) is 10.1 Å². The molecule has 0 heterocycles. The third-order valence-electron chi connectivity index (χ3n) is 2.22. The molecule has 94 valence electrons. The van der Waals surface area contributed by atoms with Gasteiger partial charge >= 0.3 is 0 Å². The molecule has 17 heavy (non-hydrogen) atoms. The SMILES string of the molecule is CC(N)CCSCc1ccc(Br)cc1[N+](=O)[O-]. The Morgan fingerprint density at radius 3 is 2.88 bits per heavy atom. The third kappa shape index (κ3) is 5.06. The highest BCUT2D eigenvalue weighted by Gasteiger charge is 2.13. The Balaban J connectivity index is 2.61. The molecule has 4 nitrogen and oxygen atoms in total. The maximum absolute atomic E-state index is 10.9. The summed E-state index contributed by atoms with van der Waals surface area (Å²) in [4.78, 5) is 10.5. The molecule has 0 radical (unpaired) electrons. The van der Waals surface area contributed by atoms with Gasteiger partial charge in [0.2, 0.25) is 0 Å². The number of nitrogens with zero attached hydrogens (tertiary/aromatic N) is 1. The number of hydrogen-bond acceptors (Lipinski definition) is 4. The second-order valence-electron chi connectivity index (χ2n) is 3.85.